The molecule has 1 aliphatic rings. The molecule has 0 unspecified atom stereocenters. The van der Waals surface area contributed by atoms with Gasteiger partial charge < -0.3 is 20.9 Å². The molecule has 1 aromatic heterocycles. The minimum atomic E-state index is -4.67. The molecule has 200 valence electrons. The molecular weight excluding hydrogens is 533 g/mol. The topological polar surface area (TPSA) is 99.2 Å². The Labute approximate surface area is 226 Å². The number of carbonyl (C=O) groups is 2. The molecule has 3 N–H and O–H groups in total. The summed E-state index contributed by atoms with van der Waals surface area (Å²) in [6.45, 7) is 3.34. The Bertz CT molecular complexity index is 1560. The van der Waals surface area contributed by atoms with Crippen LogP contribution in [-0.2, 0) is 6.18 Å². The molecule has 1 fully saturated rings. The van der Waals surface area contributed by atoms with E-state index in [1.54, 1.807) is 42.6 Å². The average molecular weight is 555 g/mol. The summed E-state index contributed by atoms with van der Waals surface area (Å²) in [5.74, 6) is 0.455. The number of anilines is 3. The number of piperazine rings is 1. The number of urea groups is 1. The summed E-state index contributed by atoms with van der Waals surface area (Å²) in [7, 11) is 0. The van der Waals surface area contributed by atoms with Crippen molar-refractivity contribution < 1.29 is 22.8 Å². The maximum atomic E-state index is 13.3. The summed E-state index contributed by atoms with van der Waals surface area (Å²) < 4.78 is 39.3. The van der Waals surface area contributed by atoms with Gasteiger partial charge in [-0.3, -0.25) is 9.78 Å². The first kappa shape index (κ1) is 26.4. The maximum absolute atomic E-state index is 13.3. The van der Waals surface area contributed by atoms with Crippen LogP contribution in [0, 0.1) is 0 Å². The van der Waals surface area contributed by atoms with Gasteiger partial charge in [0.15, 0.2) is 5.78 Å². The van der Waals surface area contributed by atoms with E-state index in [0.29, 0.717) is 22.2 Å². The fraction of sp³-hybridized carbons (Fsp3) is 0.185. The molecular formula is C27H22ClF3N6O2. The Morgan fingerprint density at radius 1 is 0.897 bits per heavy atom. The number of carbonyl (C=O) groups excluding carboxylic acids is 2. The highest BCUT2D eigenvalue weighted by molar-refractivity contribution is 6.31. The summed E-state index contributed by atoms with van der Waals surface area (Å²) in [5.41, 5.74) is 1.09. The number of alkyl halides is 3. The smallest absolute Gasteiger partial charge is 0.353 e. The number of hydrogen-bond donors (Lipinski definition) is 3. The first-order chi connectivity index (χ1) is 18.7. The van der Waals surface area contributed by atoms with Gasteiger partial charge >= 0.3 is 12.2 Å². The standard InChI is InChI=1S/C27H22ClF3N6O2/c28-21-6-5-19(14-20(21)27(29,30)31)35-26(39)34-18-3-1-2-16(12-18)25(38)17-4-7-22-23(13-17)36-24(15-33-22)37-10-8-32-9-11-37/h1-7,12-15,32H,8-11H2,(H2,34,35,39). The van der Waals surface area contributed by atoms with Crippen molar-refractivity contribution in [2.75, 3.05) is 41.7 Å². The van der Waals surface area contributed by atoms with Gasteiger partial charge in [0.25, 0.3) is 0 Å². The average Bonchev–Trinajstić information content (AvgIpc) is 2.93. The first-order valence-corrected chi connectivity index (χ1v) is 12.4. The van der Waals surface area contributed by atoms with E-state index in [1.165, 1.54) is 12.1 Å². The molecule has 0 saturated carbocycles. The van der Waals surface area contributed by atoms with Gasteiger partial charge in [-0.05, 0) is 48.5 Å². The zero-order chi connectivity index (χ0) is 27.6. The molecule has 1 aliphatic heterocycles. The molecule has 0 spiro atoms. The number of hydrogen-bond acceptors (Lipinski definition) is 6. The van der Waals surface area contributed by atoms with Gasteiger partial charge in [0, 0.05) is 48.7 Å². The van der Waals surface area contributed by atoms with Crippen molar-refractivity contribution in [3.8, 4) is 0 Å². The zero-order valence-electron chi connectivity index (χ0n) is 20.3. The molecule has 2 heterocycles. The molecule has 0 radical (unpaired) electrons. The quantitative estimate of drug-likeness (QED) is 0.278. The van der Waals surface area contributed by atoms with Gasteiger partial charge in [0.05, 0.1) is 27.8 Å². The molecule has 39 heavy (non-hydrogen) atoms. The highest BCUT2D eigenvalue weighted by Gasteiger charge is 2.33. The first-order valence-electron chi connectivity index (χ1n) is 12.0. The molecule has 8 nitrogen and oxygen atoms in total. The largest absolute Gasteiger partial charge is 0.417 e. The Hall–Kier alpha value is -4.22. The fourth-order valence-corrected chi connectivity index (χ4v) is 4.43. The van der Waals surface area contributed by atoms with Crippen LogP contribution in [0.1, 0.15) is 21.5 Å². The van der Waals surface area contributed by atoms with Gasteiger partial charge in [0.2, 0.25) is 0 Å². The van der Waals surface area contributed by atoms with E-state index in [0.717, 1.165) is 44.1 Å². The second-order valence-corrected chi connectivity index (χ2v) is 9.26. The van der Waals surface area contributed by atoms with Crippen molar-refractivity contribution in [1.29, 1.82) is 0 Å². The number of amides is 2. The van der Waals surface area contributed by atoms with Crippen LogP contribution < -0.4 is 20.9 Å². The summed E-state index contributed by atoms with van der Waals surface area (Å²) in [4.78, 5) is 37.0. The van der Waals surface area contributed by atoms with Gasteiger partial charge in [-0.25, -0.2) is 9.78 Å². The number of halogens is 4. The van der Waals surface area contributed by atoms with Gasteiger partial charge in [-0.15, -0.1) is 0 Å². The van der Waals surface area contributed by atoms with E-state index < -0.39 is 22.8 Å². The SMILES string of the molecule is O=C(Nc1cccc(C(=O)c2ccc3ncc(N4CCNCC4)nc3c2)c1)Nc1ccc(Cl)c(C(F)(F)F)c1. The fourth-order valence-electron chi connectivity index (χ4n) is 4.21. The lowest BCUT2D eigenvalue weighted by atomic mass is 10.0. The van der Waals surface area contributed by atoms with E-state index in [-0.39, 0.29) is 17.2 Å². The number of ketones is 1. The summed E-state index contributed by atoms with van der Waals surface area (Å²) in [5, 5.41) is 7.70. The molecule has 2 amide bonds. The maximum Gasteiger partial charge on any atom is 0.417 e. The van der Waals surface area contributed by atoms with Crippen LogP contribution in [-0.4, -0.2) is 48.0 Å². The van der Waals surface area contributed by atoms with Crippen LogP contribution in [0.4, 0.5) is 35.2 Å². The third-order valence-electron chi connectivity index (χ3n) is 6.14. The molecule has 4 aromatic rings. The van der Waals surface area contributed by atoms with Crippen LogP contribution in [0.15, 0.2) is 66.9 Å². The van der Waals surface area contributed by atoms with Gasteiger partial charge in [-0.1, -0.05) is 23.7 Å². The lowest BCUT2D eigenvalue weighted by molar-refractivity contribution is -0.137. The van der Waals surface area contributed by atoms with Gasteiger partial charge in [0.1, 0.15) is 5.82 Å². The third-order valence-corrected chi connectivity index (χ3v) is 6.47. The summed E-state index contributed by atoms with van der Waals surface area (Å²) >= 11 is 5.63. The third kappa shape index (κ3) is 6.10. The number of nitrogens with zero attached hydrogens (tertiary/aromatic N) is 3. The van der Waals surface area contributed by atoms with Crippen molar-refractivity contribution in [2.45, 2.75) is 6.18 Å². The highest BCUT2D eigenvalue weighted by atomic mass is 35.5. The lowest BCUT2D eigenvalue weighted by Gasteiger charge is -2.28. The van der Waals surface area contributed by atoms with Crippen molar-refractivity contribution >= 4 is 51.6 Å². The number of rotatable bonds is 5. The highest BCUT2D eigenvalue weighted by Crippen LogP contribution is 2.36. The number of fused-ring (bicyclic) bond motifs is 1. The summed E-state index contributed by atoms with van der Waals surface area (Å²) in [6, 6.07) is 13.6. The van der Waals surface area contributed by atoms with E-state index in [9.17, 15) is 22.8 Å². The molecule has 1 saturated heterocycles. The summed E-state index contributed by atoms with van der Waals surface area (Å²) in [6.07, 6.45) is -2.94. The number of aromatic nitrogens is 2. The number of nitrogens with one attached hydrogen (secondary N) is 3. The van der Waals surface area contributed by atoms with Crippen LogP contribution in [0.2, 0.25) is 5.02 Å². The predicted molar refractivity (Wildman–Crippen MR) is 144 cm³/mol. The van der Waals surface area contributed by atoms with Gasteiger partial charge in [-0.2, -0.15) is 13.2 Å². The molecule has 3 aromatic carbocycles. The van der Waals surface area contributed by atoms with Crippen molar-refractivity contribution in [1.82, 2.24) is 15.3 Å². The normalized spacial score (nSPS) is 13.8. The van der Waals surface area contributed by atoms with Crippen LogP contribution in [0.5, 0.6) is 0 Å². The van der Waals surface area contributed by atoms with E-state index >= 15 is 0 Å². The van der Waals surface area contributed by atoms with E-state index in [2.05, 4.69) is 25.8 Å². The zero-order valence-corrected chi connectivity index (χ0v) is 21.1. The minimum Gasteiger partial charge on any atom is -0.353 e. The molecule has 0 atom stereocenters. The van der Waals surface area contributed by atoms with Crippen molar-refractivity contribution in [3.05, 3.63) is 88.6 Å². The molecule has 12 heteroatoms. The minimum absolute atomic E-state index is 0.0890. The van der Waals surface area contributed by atoms with Crippen LogP contribution in [0.3, 0.4) is 0 Å². The Balaban J connectivity index is 1.31. The molecule has 0 bridgehead atoms. The Kier molecular flexibility index (Phi) is 7.36. The van der Waals surface area contributed by atoms with Crippen LogP contribution in [0.25, 0.3) is 11.0 Å². The monoisotopic (exact) mass is 554 g/mol. The lowest BCUT2D eigenvalue weighted by Crippen LogP contribution is -2.43. The van der Waals surface area contributed by atoms with E-state index in [4.69, 9.17) is 16.6 Å². The van der Waals surface area contributed by atoms with Crippen molar-refractivity contribution in [2.24, 2.45) is 0 Å². The Morgan fingerprint density at radius 2 is 1.62 bits per heavy atom. The second kappa shape index (κ2) is 10.9. The van der Waals surface area contributed by atoms with Crippen LogP contribution >= 0.6 is 11.6 Å². The predicted octanol–water partition coefficient (Wildman–Crippen LogP) is 5.59. The van der Waals surface area contributed by atoms with E-state index in [1.807, 2.05) is 0 Å². The molecule has 0 aliphatic carbocycles. The van der Waals surface area contributed by atoms with Crippen molar-refractivity contribution in [3.63, 3.8) is 0 Å². The second-order valence-electron chi connectivity index (χ2n) is 8.85. The Morgan fingerprint density at radius 3 is 2.36 bits per heavy atom. The molecule has 5 rings (SSSR count). The number of benzene rings is 3.